The molecule has 0 atom stereocenters. The predicted molar refractivity (Wildman–Crippen MR) is 149 cm³/mol. The molecule has 0 heterocycles. The average molecular weight is 511 g/mol. The summed E-state index contributed by atoms with van der Waals surface area (Å²) in [5, 5.41) is 12.0. The third-order valence-electron chi connectivity index (χ3n) is 5.88. The van der Waals surface area contributed by atoms with Crippen LogP contribution in [-0.4, -0.2) is 23.7 Å². The molecule has 5 nitrogen and oxygen atoms in total. The van der Waals surface area contributed by atoms with Gasteiger partial charge in [-0.3, -0.25) is 9.69 Å². The Morgan fingerprint density at radius 1 is 0.703 bits per heavy atom. The molecule has 0 saturated heterocycles. The molecule has 0 aliphatic heterocycles. The summed E-state index contributed by atoms with van der Waals surface area (Å²) in [6, 6.07) is 35.6. The van der Waals surface area contributed by atoms with Crippen molar-refractivity contribution in [3.8, 4) is 0 Å². The zero-order valence-electron chi connectivity index (χ0n) is 20.5. The van der Waals surface area contributed by atoms with Crippen molar-refractivity contribution in [1.82, 2.24) is 5.32 Å². The Bertz CT molecular complexity index is 1280. The molecule has 0 radical (unpaired) electrons. The molecular formula is C31H30N2O3S. The number of anilines is 1. The van der Waals surface area contributed by atoms with Crippen LogP contribution in [0.1, 0.15) is 23.1 Å². The van der Waals surface area contributed by atoms with E-state index in [1.54, 1.807) is 16.7 Å². The van der Waals surface area contributed by atoms with E-state index in [2.05, 4.69) is 17.4 Å². The van der Waals surface area contributed by atoms with E-state index in [1.165, 1.54) is 5.56 Å². The van der Waals surface area contributed by atoms with Gasteiger partial charge in [0.1, 0.15) is 0 Å². The summed E-state index contributed by atoms with van der Waals surface area (Å²) in [5.41, 5.74) is 3.94. The molecule has 188 valence electrons. The van der Waals surface area contributed by atoms with Gasteiger partial charge in [-0.2, -0.15) is 0 Å². The van der Waals surface area contributed by atoms with Gasteiger partial charge in [0.2, 0.25) is 0 Å². The largest absolute Gasteiger partial charge is 0.481 e. The highest BCUT2D eigenvalue weighted by molar-refractivity contribution is 7.99. The molecule has 6 heteroatoms. The number of urea groups is 1. The van der Waals surface area contributed by atoms with Gasteiger partial charge in [-0.25, -0.2) is 4.79 Å². The summed E-state index contributed by atoms with van der Waals surface area (Å²) < 4.78 is 0. The predicted octanol–water partition coefficient (Wildman–Crippen LogP) is 6.81. The molecule has 0 fully saturated rings. The van der Waals surface area contributed by atoms with Crippen molar-refractivity contribution in [2.45, 2.75) is 35.6 Å². The Hall–Kier alpha value is -4.03. The fraction of sp³-hybridized carbons (Fsp3) is 0.161. The number of hydrogen-bond donors (Lipinski definition) is 2. The second-order valence-corrected chi connectivity index (χ2v) is 9.84. The lowest BCUT2D eigenvalue weighted by Crippen LogP contribution is -2.40. The van der Waals surface area contributed by atoms with Crippen molar-refractivity contribution >= 4 is 29.4 Å². The van der Waals surface area contributed by atoms with Crippen molar-refractivity contribution in [2.75, 3.05) is 11.4 Å². The van der Waals surface area contributed by atoms with Crippen LogP contribution in [0.25, 0.3) is 0 Å². The maximum absolute atomic E-state index is 13.2. The van der Waals surface area contributed by atoms with Crippen LogP contribution in [0.4, 0.5) is 10.5 Å². The van der Waals surface area contributed by atoms with Crippen LogP contribution in [0.2, 0.25) is 0 Å². The second kappa shape index (κ2) is 13.3. The standard InChI is InChI=1S/C31H30N2O3S/c34-30(35)22-25-13-17-28(18-14-25)37-29-19-15-27(16-20-29)33(21-7-12-24-8-3-1-4-9-24)31(36)32-23-26-10-5-2-6-11-26/h1-6,8-11,13-20H,7,12,21-23H2,(H,32,36)(H,34,35). The van der Waals surface area contributed by atoms with E-state index in [4.69, 9.17) is 5.11 Å². The fourth-order valence-electron chi connectivity index (χ4n) is 3.98. The number of hydrogen-bond acceptors (Lipinski definition) is 3. The van der Waals surface area contributed by atoms with Gasteiger partial charge >= 0.3 is 12.0 Å². The van der Waals surface area contributed by atoms with Crippen molar-refractivity contribution in [3.63, 3.8) is 0 Å². The zero-order chi connectivity index (χ0) is 25.9. The van der Waals surface area contributed by atoms with Gasteiger partial charge in [-0.15, -0.1) is 0 Å². The smallest absolute Gasteiger partial charge is 0.322 e. The first-order valence-electron chi connectivity index (χ1n) is 12.3. The lowest BCUT2D eigenvalue weighted by atomic mass is 10.1. The minimum absolute atomic E-state index is 0.0199. The highest BCUT2D eigenvalue weighted by Crippen LogP contribution is 2.30. The fourth-order valence-corrected chi connectivity index (χ4v) is 4.80. The Labute approximate surface area is 222 Å². The number of carbonyl (C=O) groups excluding carboxylic acids is 1. The molecule has 2 amide bonds. The molecule has 0 unspecified atom stereocenters. The summed E-state index contributed by atoms with van der Waals surface area (Å²) in [4.78, 5) is 28.0. The number of nitrogens with one attached hydrogen (secondary N) is 1. The summed E-state index contributed by atoms with van der Waals surface area (Å²) in [5.74, 6) is -0.836. The van der Waals surface area contributed by atoms with E-state index in [1.807, 2.05) is 97.1 Å². The van der Waals surface area contributed by atoms with Gasteiger partial charge in [0, 0.05) is 28.6 Å². The van der Waals surface area contributed by atoms with Gasteiger partial charge in [0.25, 0.3) is 0 Å². The lowest BCUT2D eigenvalue weighted by Gasteiger charge is -2.24. The third kappa shape index (κ3) is 8.26. The molecular weight excluding hydrogens is 480 g/mol. The van der Waals surface area contributed by atoms with E-state index in [-0.39, 0.29) is 12.5 Å². The highest BCUT2D eigenvalue weighted by atomic mass is 32.2. The molecule has 0 aliphatic carbocycles. The molecule has 0 aliphatic rings. The van der Waals surface area contributed by atoms with Crippen molar-refractivity contribution in [2.24, 2.45) is 0 Å². The molecule has 0 spiro atoms. The van der Waals surface area contributed by atoms with Gasteiger partial charge in [-0.05, 0) is 65.9 Å². The van der Waals surface area contributed by atoms with E-state index < -0.39 is 5.97 Å². The van der Waals surface area contributed by atoms with Crippen LogP contribution in [0.5, 0.6) is 0 Å². The molecule has 4 aromatic rings. The Kier molecular flexibility index (Phi) is 9.38. The molecule has 0 saturated carbocycles. The van der Waals surface area contributed by atoms with Crippen LogP contribution < -0.4 is 10.2 Å². The van der Waals surface area contributed by atoms with Crippen LogP contribution in [0, 0.1) is 0 Å². The number of aliphatic carboxylic acids is 1. The number of amides is 2. The van der Waals surface area contributed by atoms with Gasteiger partial charge in [0.15, 0.2) is 0 Å². The quantitative estimate of drug-likeness (QED) is 0.232. The van der Waals surface area contributed by atoms with Gasteiger partial charge < -0.3 is 10.4 Å². The Morgan fingerprint density at radius 3 is 1.86 bits per heavy atom. The number of benzene rings is 4. The van der Waals surface area contributed by atoms with Crippen LogP contribution in [0.3, 0.4) is 0 Å². The number of rotatable bonds is 11. The van der Waals surface area contributed by atoms with E-state index in [0.29, 0.717) is 13.1 Å². The van der Waals surface area contributed by atoms with Crippen molar-refractivity contribution < 1.29 is 14.7 Å². The minimum Gasteiger partial charge on any atom is -0.481 e. The normalized spacial score (nSPS) is 10.6. The Balaban J connectivity index is 1.42. The SMILES string of the molecule is O=C(O)Cc1ccc(Sc2ccc(N(CCCc3ccccc3)C(=O)NCc3ccccc3)cc2)cc1. The van der Waals surface area contributed by atoms with Crippen LogP contribution >= 0.6 is 11.8 Å². The lowest BCUT2D eigenvalue weighted by molar-refractivity contribution is -0.136. The number of carboxylic acid groups (broad SMARTS) is 1. The second-order valence-electron chi connectivity index (χ2n) is 8.70. The maximum atomic E-state index is 13.2. The molecule has 4 rings (SSSR count). The van der Waals surface area contributed by atoms with E-state index in [0.717, 1.165) is 39.4 Å². The average Bonchev–Trinajstić information content (AvgIpc) is 2.92. The first kappa shape index (κ1) is 26.0. The van der Waals surface area contributed by atoms with Gasteiger partial charge in [-0.1, -0.05) is 84.6 Å². The van der Waals surface area contributed by atoms with Crippen molar-refractivity contribution in [3.05, 3.63) is 126 Å². The van der Waals surface area contributed by atoms with E-state index >= 15 is 0 Å². The first-order valence-corrected chi connectivity index (χ1v) is 13.1. The monoisotopic (exact) mass is 510 g/mol. The zero-order valence-corrected chi connectivity index (χ0v) is 21.4. The minimum atomic E-state index is -0.836. The molecule has 37 heavy (non-hydrogen) atoms. The summed E-state index contributed by atoms with van der Waals surface area (Å²) in [6.45, 7) is 1.08. The topological polar surface area (TPSA) is 69.6 Å². The molecule has 2 N–H and O–H groups in total. The van der Waals surface area contributed by atoms with Crippen LogP contribution in [-0.2, 0) is 24.2 Å². The number of carbonyl (C=O) groups is 2. The molecule has 4 aromatic carbocycles. The van der Waals surface area contributed by atoms with Gasteiger partial charge in [0.05, 0.1) is 6.42 Å². The first-order chi connectivity index (χ1) is 18.1. The number of aryl methyl sites for hydroxylation is 1. The third-order valence-corrected chi connectivity index (χ3v) is 6.90. The molecule has 0 bridgehead atoms. The van der Waals surface area contributed by atoms with Crippen LogP contribution in [0.15, 0.2) is 119 Å². The summed E-state index contributed by atoms with van der Waals surface area (Å²) in [6.07, 6.45) is 1.77. The van der Waals surface area contributed by atoms with Crippen molar-refractivity contribution in [1.29, 1.82) is 0 Å². The highest BCUT2D eigenvalue weighted by Gasteiger charge is 2.16. The summed E-state index contributed by atoms with van der Waals surface area (Å²) >= 11 is 1.60. The number of nitrogens with zero attached hydrogens (tertiary/aromatic N) is 1. The maximum Gasteiger partial charge on any atom is 0.322 e. The number of carboxylic acids is 1. The van der Waals surface area contributed by atoms with E-state index in [9.17, 15) is 9.59 Å². The molecule has 0 aromatic heterocycles. The Morgan fingerprint density at radius 2 is 1.27 bits per heavy atom. The summed E-state index contributed by atoms with van der Waals surface area (Å²) in [7, 11) is 0.